The number of ketones is 1. The van der Waals surface area contributed by atoms with Gasteiger partial charge in [0.25, 0.3) is 0 Å². The van der Waals surface area contributed by atoms with Gasteiger partial charge >= 0.3 is 0 Å². The first-order valence-electron chi connectivity index (χ1n) is 14.4. The van der Waals surface area contributed by atoms with Crippen LogP contribution in [0.4, 0.5) is 25.8 Å². The van der Waals surface area contributed by atoms with Crippen molar-refractivity contribution < 1.29 is 26.8 Å². The third-order valence-electron chi connectivity index (χ3n) is 7.96. The number of rotatable bonds is 9. The van der Waals surface area contributed by atoms with E-state index in [0.717, 1.165) is 8.99 Å². The Bertz CT molecular complexity index is 2110. The summed E-state index contributed by atoms with van der Waals surface area (Å²) in [6.45, 7) is 0.742. The Balaban J connectivity index is 1.27. The molecule has 15 heteroatoms. The zero-order valence-corrected chi connectivity index (χ0v) is 26.7. The lowest BCUT2D eigenvalue weighted by Crippen LogP contribution is -2.44. The summed E-state index contributed by atoms with van der Waals surface area (Å²) in [6, 6.07) is 14.5. The first-order chi connectivity index (χ1) is 22.4. The standard InChI is InChI=1S/C32H28ClF2N7O4S/c1-19(43)31-25-13-21(40(2)22-14-36-17-37-15-22)10-11-28(25)41(39-31)18-47(45,46)42-16-20(34)12-29(42)32(44)38-27-9-5-7-24(30(27)35)23-6-3-4-8-26(23)33/h3-11,13-15,17,20,29H,12,16,18H2,1-2H3,(H,38,44)/t20-,29+/m1/s1. The molecule has 0 saturated carbocycles. The normalized spacial score (nSPS) is 16.8. The maximum absolute atomic E-state index is 15.5. The van der Waals surface area contributed by atoms with E-state index in [1.165, 1.54) is 31.5 Å². The predicted octanol–water partition coefficient (Wildman–Crippen LogP) is 5.59. The molecular formula is C32H28ClF2N7O4S. The van der Waals surface area contributed by atoms with Crippen LogP contribution in [0, 0.1) is 5.82 Å². The fourth-order valence-electron chi connectivity index (χ4n) is 5.61. The van der Waals surface area contributed by atoms with Gasteiger partial charge in [-0.2, -0.15) is 9.40 Å². The summed E-state index contributed by atoms with van der Waals surface area (Å²) in [5.41, 5.74) is 2.06. The van der Waals surface area contributed by atoms with E-state index < -0.39 is 58.6 Å². The minimum Gasteiger partial charge on any atom is -0.342 e. The molecule has 1 amide bonds. The van der Waals surface area contributed by atoms with E-state index >= 15 is 4.39 Å². The number of Topliss-reactive ketones (excluding diaryl/α,β-unsaturated/α-hetero) is 1. The molecule has 0 bridgehead atoms. The van der Waals surface area contributed by atoms with Gasteiger partial charge in [-0.3, -0.25) is 9.59 Å². The van der Waals surface area contributed by atoms with Crippen LogP contribution in [0.2, 0.25) is 5.02 Å². The summed E-state index contributed by atoms with van der Waals surface area (Å²) in [5, 5.41) is 7.44. The number of hydrogen-bond acceptors (Lipinski definition) is 8. The maximum atomic E-state index is 15.5. The van der Waals surface area contributed by atoms with Crippen molar-refractivity contribution in [1.82, 2.24) is 24.1 Å². The Kier molecular flexibility index (Phi) is 8.74. The second-order valence-electron chi connectivity index (χ2n) is 11.1. The first kappa shape index (κ1) is 32.2. The molecule has 5 aromatic rings. The molecule has 1 fully saturated rings. The van der Waals surface area contributed by atoms with Gasteiger partial charge in [-0.05, 0) is 30.3 Å². The molecule has 3 aromatic carbocycles. The number of carbonyl (C=O) groups excluding carboxylic acids is 2. The maximum Gasteiger partial charge on any atom is 0.243 e. The number of anilines is 3. The second kappa shape index (κ2) is 12.8. The van der Waals surface area contributed by atoms with Crippen molar-refractivity contribution in [2.75, 3.05) is 23.8 Å². The molecule has 1 N–H and O–H groups in total. The molecule has 0 spiro atoms. The molecule has 1 aliphatic rings. The number of alkyl halides is 1. The topological polar surface area (TPSA) is 130 Å². The number of aromatic nitrogens is 4. The Morgan fingerprint density at radius 1 is 1.04 bits per heavy atom. The van der Waals surface area contributed by atoms with Gasteiger partial charge in [0.1, 0.15) is 24.2 Å². The smallest absolute Gasteiger partial charge is 0.243 e. The summed E-state index contributed by atoms with van der Waals surface area (Å²) in [6.07, 6.45) is 2.57. The van der Waals surface area contributed by atoms with Crippen molar-refractivity contribution in [3.63, 3.8) is 0 Å². The lowest BCUT2D eigenvalue weighted by molar-refractivity contribution is -0.119. The summed E-state index contributed by atoms with van der Waals surface area (Å²) < 4.78 is 59.7. The van der Waals surface area contributed by atoms with E-state index in [1.54, 1.807) is 66.8 Å². The van der Waals surface area contributed by atoms with Gasteiger partial charge in [0.2, 0.25) is 15.9 Å². The van der Waals surface area contributed by atoms with E-state index in [-0.39, 0.29) is 16.9 Å². The molecule has 0 radical (unpaired) electrons. The highest BCUT2D eigenvalue weighted by Crippen LogP contribution is 2.34. The molecule has 3 heterocycles. The molecule has 0 aliphatic carbocycles. The lowest BCUT2D eigenvalue weighted by Gasteiger charge is -2.23. The summed E-state index contributed by atoms with van der Waals surface area (Å²) >= 11 is 6.24. The van der Waals surface area contributed by atoms with Gasteiger partial charge in [-0.25, -0.2) is 31.8 Å². The summed E-state index contributed by atoms with van der Waals surface area (Å²) in [4.78, 5) is 35.8. The number of sulfonamides is 1. The number of hydrogen-bond donors (Lipinski definition) is 1. The highest BCUT2D eigenvalue weighted by atomic mass is 35.5. The fraction of sp³-hybridized carbons (Fsp3) is 0.219. The minimum absolute atomic E-state index is 0.0442. The van der Waals surface area contributed by atoms with Crippen molar-refractivity contribution in [3.8, 4) is 11.1 Å². The highest BCUT2D eigenvalue weighted by Gasteiger charge is 2.44. The molecule has 0 unspecified atom stereocenters. The SMILES string of the molecule is CC(=O)c1nn(CS(=O)(=O)N2C[C@H](F)C[C@H]2C(=O)Nc2cccc(-c3ccccc3Cl)c2F)c2ccc(N(C)c3cncnc3)cc12. The molecule has 1 aliphatic heterocycles. The highest BCUT2D eigenvalue weighted by molar-refractivity contribution is 7.88. The summed E-state index contributed by atoms with van der Waals surface area (Å²) in [7, 11) is -2.60. The Morgan fingerprint density at radius 2 is 1.77 bits per heavy atom. The van der Waals surface area contributed by atoms with E-state index in [1.807, 2.05) is 0 Å². The van der Waals surface area contributed by atoms with Crippen molar-refractivity contribution in [2.24, 2.45) is 0 Å². The molecule has 2 atom stereocenters. The molecule has 242 valence electrons. The number of fused-ring (bicyclic) bond motifs is 1. The predicted molar refractivity (Wildman–Crippen MR) is 174 cm³/mol. The van der Waals surface area contributed by atoms with Crippen molar-refractivity contribution >= 4 is 61.3 Å². The van der Waals surface area contributed by atoms with Crippen molar-refractivity contribution in [1.29, 1.82) is 0 Å². The van der Waals surface area contributed by atoms with E-state index in [9.17, 15) is 22.4 Å². The fourth-order valence-corrected chi connectivity index (χ4v) is 7.46. The largest absolute Gasteiger partial charge is 0.342 e. The molecule has 2 aromatic heterocycles. The monoisotopic (exact) mass is 679 g/mol. The third kappa shape index (κ3) is 6.31. The number of benzene rings is 3. The third-order valence-corrected chi connectivity index (χ3v) is 9.98. The quantitative estimate of drug-likeness (QED) is 0.200. The minimum atomic E-state index is -4.39. The van der Waals surface area contributed by atoms with Gasteiger partial charge in [0.15, 0.2) is 17.5 Å². The van der Waals surface area contributed by atoms with E-state index in [4.69, 9.17) is 11.6 Å². The molecule has 6 rings (SSSR count). The first-order valence-corrected chi connectivity index (χ1v) is 16.4. The van der Waals surface area contributed by atoms with Gasteiger partial charge in [-0.15, -0.1) is 0 Å². The van der Waals surface area contributed by atoms with Crippen LogP contribution in [0.15, 0.2) is 79.4 Å². The van der Waals surface area contributed by atoms with Gasteiger partial charge in [0.05, 0.1) is 29.3 Å². The van der Waals surface area contributed by atoms with E-state index in [0.29, 0.717) is 32.9 Å². The Hall–Kier alpha value is -4.79. The molecule has 11 nitrogen and oxygen atoms in total. The number of carbonyl (C=O) groups is 2. The zero-order chi connectivity index (χ0) is 33.5. The second-order valence-corrected chi connectivity index (χ2v) is 13.4. The van der Waals surface area contributed by atoms with Crippen LogP contribution in [0.3, 0.4) is 0 Å². The number of amides is 1. The molecular weight excluding hydrogens is 652 g/mol. The van der Waals surface area contributed by atoms with Crippen LogP contribution in [0.25, 0.3) is 22.0 Å². The lowest BCUT2D eigenvalue weighted by atomic mass is 10.0. The van der Waals surface area contributed by atoms with Crippen LogP contribution >= 0.6 is 11.6 Å². The van der Waals surface area contributed by atoms with Crippen LogP contribution in [0.1, 0.15) is 23.8 Å². The van der Waals surface area contributed by atoms with Crippen LogP contribution in [-0.2, 0) is 20.7 Å². The van der Waals surface area contributed by atoms with E-state index in [2.05, 4.69) is 20.4 Å². The number of nitrogens with one attached hydrogen (secondary N) is 1. The van der Waals surface area contributed by atoms with Gasteiger partial charge in [0, 0.05) is 54.2 Å². The van der Waals surface area contributed by atoms with Crippen LogP contribution < -0.4 is 10.2 Å². The van der Waals surface area contributed by atoms with Crippen LogP contribution in [0.5, 0.6) is 0 Å². The average molecular weight is 680 g/mol. The Morgan fingerprint density at radius 3 is 2.49 bits per heavy atom. The summed E-state index contributed by atoms with van der Waals surface area (Å²) in [5.74, 6) is -2.83. The van der Waals surface area contributed by atoms with Crippen LogP contribution in [-0.4, -0.2) is 70.0 Å². The number of nitrogens with zero attached hydrogens (tertiary/aromatic N) is 6. The van der Waals surface area contributed by atoms with Gasteiger partial charge < -0.3 is 10.2 Å². The Labute approximate surface area is 273 Å². The molecule has 1 saturated heterocycles. The number of halogens is 3. The van der Waals surface area contributed by atoms with Gasteiger partial charge in [-0.1, -0.05) is 41.9 Å². The zero-order valence-electron chi connectivity index (χ0n) is 25.1. The van der Waals surface area contributed by atoms with Crippen molar-refractivity contribution in [3.05, 3.63) is 95.9 Å². The average Bonchev–Trinajstić information content (AvgIpc) is 3.63. The molecule has 47 heavy (non-hydrogen) atoms. The van der Waals surface area contributed by atoms with Crippen molar-refractivity contribution in [2.45, 2.75) is 31.4 Å².